The minimum absolute atomic E-state index is 0. The Morgan fingerprint density at radius 2 is 0.405 bits per heavy atom. The second-order valence-electron chi connectivity index (χ2n) is 19.1. The maximum Gasteiger partial charge on any atom is 2.00 e. The van der Waals surface area contributed by atoms with E-state index in [0.717, 1.165) is 25.7 Å². The van der Waals surface area contributed by atoms with Crippen LogP contribution in [0.15, 0.2) is 243 Å². The third-order valence-electron chi connectivity index (χ3n) is 14.2. The first-order chi connectivity index (χ1) is 35.6. The fraction of sp³-hybridized carbons (Fsp3) is 0.254. The third-order valence-corrected chi connectivity index (χ3v) is 19.5. The van der Waals surface area contributed by atoms with E-state index in [9.17, 15) is 0 Å². The van der Waals surface area contributed by atoms with Crippen LogP contribution in [0.1, 0.15) is 51.9 Å². The van der Waals surface area contributed by atoms with Gasteiger partial charge < -0.3 is 32.3 Å². The summed E-state index contributed by atoms with van der Waals surface area (Å²) in [5.74, 6) is 0. The summed E-state index contributed by atoms with van der Waals surface area (Å²) in [6.07, 6.45) is 3.83. The smallest absolute Gasteiger partial charge is 0.370 e. The molecule has 0 spiro atoms. The predicted octanol–water partition coefficient (Wildman–Crippen LogP) is 16.0. The summed E-state index contributed by atoms with van der Waals surface area (Å²) < 4.78 is 27.1. The Morgan fingerprint density at radius 1 is 0.257 bits per heavy atom. The van der Waals surface area contributed by atoms with E-state index in [0.29, 0.717) is 49.1 Å². The van der Waals surface area contributed by atoms with Crippen molar-refractivity contribution in [2.45, 2.75) is 107 Å². The van der Waals surface area contributed by atoms with Crippen molar-refractivity contribution in [2.24, 2.45) is 0 Å². The molecule has 2 heterocycles. The van der Waals surface area contributed by atoms with Crippen molar-refractivity contribution in [2.75, 3.05) is 0 Å². The van der Waals surface area contributed by atoms with E-state index in [-0.39, 0.29) is 48.9 Å². The molecule has 382 valence electrons. The average Bonchev–Trinajstić information content (AvgIpc) is 3.83. The molecule has 0 saturated carbocycles. The Bertz CT molecular complexity index is 2340. The average molecular weight is 1060 g/mol. The zero-order valence-electron chi connectivity index (χ0n) is 41.7. The summed E-state index contributed by atoms with van der Waals surface area (Å²) >= 11 is 0. The molecular weight excluding hydrogens is 987 g/mol. The van der Waals surface area contributed by atoms with Gasteiger partial charge in [0.2, 0.25) is 0 Å². The van der Waals surface area contributed by atoms with Gasteiger partial charge in [-0.3, -0.25) is 15.8 Å². The van der Waals surface area contributed by atoms with Gasteiger partial charge in [0.05, 0.1) is 50.8 Å². The molecule has 8 aromatic carbocycles. The van der Waals surface area contributed by atoms with E-state index in [2.05, 4.69) is 218 Å². The van der Waals surface area contributed by atoms with E-state index in [1.54, 1.807) is 0 Å². The monoisotopic (exact) mass is 1060 g/mol. The Kier molecular flexibility index (Phi) is 22.9. The summed E-state index contributed by atoms with van der Waals surface area (Å²) in [7, 11) is -1.16. The van der Waals surface area contributed by atoms with Gasteiger partial charge in [0.15, 0.2) is 0 Å². The van der Waals surface area contributed by atoms with Crippen LogP contribution in [0.3, 0.4) is 0 Å². The second-order valence-corrected chi connectivity index (χ2v) is 23.8. The van der Waals surface area contributed by atoms with Crippen molar-refractivity contribution in [3.63, 3.8) is 0 Å². The van der Waals surface area contributed by atoms with Crippen molar-refractivity contribution in [1.29, 1.82) is 0 Å². The zero-order valence-corrected chi connectivity index (χ0v) is 44.6. The molecule has 0 unspecified atom stereocenters. The van der Waals surface area contributed by atoms with E-state index in [4.69, 9.17) is 32.3 Å². The molecule has 0 N–H and O–H groups in total. The molecule has 7 heteroatoms. The van der Waals surface area contributed by atoms with Crippen molar-refractivity contribution in [3.8, 4) is 0 Å². The summed E-state index contributed by atoms with van der Waals surface area (Å²) in [5.41, 5.74) is 11.5. The number of ether oxygens (including phenoxy) is 4. The first-order valence-electron chi connectivity index (χ1n) is 25.5. The summed E-state index contributed by atoms with van der Waals surface area (Å²) in [6.45, 7) is 12.0. The number of rotatable bonds is 20. The summed E-state index contributed by atoms with van der Waals surface area (Å²) in [6, 6.07) is 85.0. The summed E-state index contributed by atoms with van der Waals surface area (Å²) in [4.78, 5) is 0. The number of hydrogen-bond donors (Lipinski definition) is 0. The van der Waals surface area contributed by atoms with Gasteiger partial charge in [-0.25, -0.2) is 0 Å². The van der Waals surface area contributed by atoms with Gasteiger partial charge in [0.25, 0.3) is 0 Å². The molecule has 0 amide bonds. The minimum Gasteiger partial charge on any atom is -0.370 e. The van der Waals surface area contributed by atoms with E-state index >= 15 is 0 Å². The van der Waals surface area contributed by atoms with Crippen molar-refractivity contribution < 1.29 is 36.0 Å². The Hall–Kier alpha value is -5.02. The molecule has 2 saturated heterocycles. The van der Waals surface area contributed by atoms with Gasteiger partial charge >= 0.3 is 17.1 Å². The number of benzene rings is 8. The SMILES string of the molecule is C.[CH2-]P1[C@@H](Cc2ccccc2)[C@H](OCc2ccccc2)[C@@H](OCc2ccccc2)[C@@H]1Cc1ccccc1.[CH2-]P1[C@@H](Cc2ccccc2)[C@H](OCc2ccccc2)[C@@H](OCc2ccccc2)[C@@H]1Cc1ccccc1.[Fe+2]. The van der Waals surface area contributed by atoms with E-state index in [1.165, 1.54) is 44.5 Å². The second kappa shape index (κ2) is 29.9. The van der Waals surface area contributed by atoms with E-state index < -0.39 is 15.8 Å². The van der Waals surface area contributed by atoms with Crippen LogP contribution in [-0.2, 0) is 88.1 Å². The van der Waals surface area contributed by atoms with Gasteiger partial charge in [-0.15, -0.1) is 0 Å². The molecule has 2 aliphatic rings. The molecule has 0 radical (unpaired) electrons. The van der Waals surface area contributed by atoms with Crippen molar-refractivity contribution in [1.82, 2.24) is 0 Å². The van der Waals surface area contributed by atoms with Crippen molar-refractivity contribution in [3.05, 3.63) is 300 Å². The normalized spacial score (nSPS) is 21.4. The molecule has 8 aromatic rings. The number of hydrogen-bond acceptors (Lipinski definition) is 4. The maximum atomic E-state index is 6.76. The van der Waals surface area contributed by atoms with Crippen LogP contribution >= 0.6 is 15.8 Å². The fourth-order valence-corrected chi connectivity index (χ4v) is 15.7. The van der Waals surface area contributed by atoms with Crippen LogP contribution in [-0.4, -0.2) is 47.1 Å². The third kappa shape index (κ3) is 16.0. The van der Waals surface area contributed by atoms with Gasteiger partial charge in [0.1, 0.15) is 0 Å². The molecule has 2 aliphatic heterocycles. The Morgan fingerprint density at radius 3 is 0.568 bits per heavy atom. The molecule has 0 aromatic heterocycles. The van der Waals surface area contributed by atoms with Gasteiger partial charge in [0, 0.05) is 0 Å². The topological polar surface area (TPSA) is 36.9 Å². The van der Waals surface area contributed by atoms with Crippen LogP contribution in [0, 0.1) is 13.3 Å². The Balaban J connectivity index is 0.000000211. The molecule has 2 fully saturated rings. The molecule has 0 aliphatic carbocycles. The zero-order chi connectivity index (χ0) is 49.2. The van der Waals surface area contributed by atoms with Gasteiger partial charge in [-0.1, -0.05) is 250 Å². The fourth-order valence-electron chi connectivity index (χ4n) is 10.4. The molecule has 74 heavy (non-hydrogen) atoms. The summed E-state index contributed by atoms with van der Waals surface area (Å²) in [5, 5.41) is 0. The minimum atomic E-state index is -0.579. The molecular formula is C67H72FeO4P2. The van der Waals surface area contributed by atoms with Crippen LogP contribution in [0.4, 0.5) is 0 Å². The van der Waals surface area contributed by atoms with E-state index in [1.807, 2.05) is 24.3 Å². The quantitative estimate of drug-likeness (QED) is 0.0433. The Labute approximate surface area is 456 Å². The first kappa shape index (κ1) is 56.7. The van der Waals surface area contributed by atoms with Crippen LogP contribution in [0.2, 0.25) is 0 Å². The standard InChI is InChI=1S/2C33H34O2P.CH4.Fe/c2*1-36-30(22-26-14-6-2-7-15-26)32(34-24-28-18-10-4-11-19-28)33(35-25-29-20-12-5-13-21-29)31(36)23-27-16-8-3-9-17-27;;/h2*2-21,30-33H,1,22-25H2;1H4;/q2*-1;;+2/t2*30-,31-,32-,33-;;/m00../s1. The van der Waals surface area contributed by atoms with Crippen LogP contribution in [0.5, 0.6) is 0 Å². The molecule has 0 bridgehead atoms. The van der Waals surface area contributed by atoms with Gasteiger partial charge in [-0.2, -0.15) is 0 Å². The molecule has 4 nitrogen and oxygen atoms in total. The maximum absolute atomic E-state index is 6.76. The van der Waals surface area contributed by atoms with Crippen molar-refractivity contribution >= 4 is 15.8 Å². The molecule has 8 atom stereocenters. The predicted molar refractivity (Wildman–Crippen MR) is 307 cm³/mol. The first-order valence-corrected chi connectivity index (χ1v) is 28.8. The van der Waals surface area contributed by atoms with Crippen LogP contribution in [0.25, 0.3) is 0 Å². The largest absolute Gasteiger partial charge is 2.00 e. The van der Waals surface area contributed by atoms with Gasteiger partial charge in [-0.05, 0) is 92.8 Å². The molecule has 10 rings (SSSR count). The van der Waals surface area contributed by atoms with Crippen LogP contribution < -0.4 is 0 Å².